The number of hydrogen-bond acceptors (Lipinski definition) is 4. The van der Waals surface area contributed by atoms with Crippen LogP contribution in [-0.4, -0.2) is 46.7 Å². The molecule has 0 N–H and O–H groups in total. The number of nitrogens with zero attached hydrogens (tertiary/aromatic N) is 3. The largest absolute Gasteiger partial charge is 0.364 e. The molecule has 0 radical (unpaired) electrons. The van der Waals surface area contributed by atoms with E-state index in [-0.39, 0.29) is 11.5 Å². The molecule has 1 fully saturated rings. The predicted molar refractivity (Wildman–Crippen MR) is 119 cm³/mol. The minimum atomic E-state index is -0.488. The molecule has 30 heavy (non-hydrogen) atoms. The van der Waals surface area contributed by atoms with Gasteiger partial charge in [-0.05, 0) is 37.3 Å². The van der Waals surface area contributed by atoms with E-state index in [1.807, 2.05) is 12.1 Å². The Balaban J connectivity index is 1.61. The van der Waals surface area contributed by atoms with E-state index >= 15 is 0 Å². The second-order valence-corrected chi connectivity index (χ2v) is 8.79. The van der Waals surface area contributed by atoms with E-state index in [1.165, 1.54) is 23.1 Å². The van der Waals surface area contributed by atoms with Crippen LogP contribution in [0.3, 0.4) is 0 Å². The summed E-state index contributed by atoms with van der Waals surface area (Å²) < 4.78 is 0.888. The zero-order valence-corrected chi connectivity index (χ0v) is 18.9. The van der Waals surface area contributed by atoms with Crippen LogP contribution in [0.25, 0.3) is 0 Å². The molecule has 1 atom stereocenters. The Morgan fingerprint density at radius 2 is 1.67 bits per heavy atom. The number of Topliss-reactive ketones (excluding diaryl/α,β-unsaturated/α-hetero) is 1. The first-order valence-electron chi connectivity index (χ1n) is 9.15. The maximum Gasteiger partial charge on any atom is 0.336 e. The number of carbonyl (C=O) groups is 3. The van der Waals surface area contributed by atoms with Crippen molar-refractivity contribution in [2.24, 2.45) is 0 Å². The van der Waals surface area contributed by atoms with Gasteiger partial charge in [0.25, 0.3) is 5.91 Å². The molecule has 2 aliphatic heterocycles. The second-order valence-electron chi connectivity index (χ2n) is 7.00. The van der Waals surface area contributed by atoms with Crippen LogP contribution in [0.2, 0.25) is 10.0 Å². The lowest BCUT2D eigenvalue weighted by Gasteiger charge is -2.33. The maximum atomic E-state index is 13.0. The van der Waals surface area contributed by atoms with Crippen molar-refractivity contribution < 1.29 is 14.4 Å². The van der Waals surface area contributed by atoms with E-state index < -0.39 is 18.0 Å². The number of amides is 3. The Morgan fingerprint density at radius 3 is 2.30 bits per heavy atom. The molecule has 2 aromatic carbocycles. The first-order valence-corrected chi connectivity index (χ1v) is 10.7. The number of imide groups is 1. The summed E-state index contributed by atoms with van der Waals surface area (Å²) in [5, 5.41) is 0.652. The van der Waals surface area contributed by atoms with Gasteiger partial charge in [-0.1, -0.05) is 51.3 Å². The highest BCUT2D eigenvalue weighted by Crippen LogP contribution is 2.33. The summed E-state index contributed by atoms with van der Waals surface area (Å²) in [5.74, 6) is -0.547. The third-order valence-corrected chi connectivity index (χ3v) is 6.08. The Labute approximate surface area is 191 Å². The zero-order valence-electron chi connectivity index (χ0n) is 15.8. The van der Waals surface area contributed by atoms with Crippen LogP contribution in [0, 0.1) is 0 Å². The molecule has 0 saturated carbocycles. The van der Waals surface area contributed by atoms with Crippen LogP contribution < -0.4 is 4.90 Å². The van der Waals surface area contributed by atoms with Gasteiger partial charge in [0.1, 0.15) is 5.70 Å². The lowest BCUT2D eigenvalue weighted by atomic mass is 10.0. The highest BCUT2D eigenvalue weighted by Gasteiger charge is 2.44. The van der Waals surface area contributed by atoms with Crippen LogP contribution in [0.5, 0.6) is 0 Å². The van der Waals surface area contributed by atoms with E-state index in [9.17, 15) is 14.4 Å². The number of ketones is 1. The fourth-order valence-electron chi connectivity index (χ4n) is 3.53. The normalized spacial score (nSPS) is 17.2. The van der Waals surface area contributed by atoms with Crippen molar-refractivity contribution in [3.05, 3.63) is 74.4 Å². The van der Waals surface area contributed by atoms with Crippen molar-refractivity contribution in [3.8, 4) is 0 Å². The van der Waals surface area contributed by atoms with Crippen molar-refractivity contribution in [2.45, 2.75) is 13.0 Å². The SMILES string of the molecule is CC(C(=O)c1ccc(Br)cc1)N1C=C2C(=O)N(c3cc(Cl)cc(Cl)c3)C(=O)N2CC1. The third-order valence-electron chi connectivity index (χ3n) is 5.12. The molecule has 154 valence electrons. The van der Waals surface area contributed by atoms with Crippen LogP contribution in [0.15, 0.2) is 58.8 Å². The van der Waals surface area contributed by atoms with Crippen LogP contribution in [0.1, 0.15) is 17.3 Å². The van der Waals surface area contributed by atoms with E-state index in [0.29, 0.717) is 34.4 Å². The number of urea groups is 1. The molecule has 1 unspecified atom stereocenters. The van der Waals surface area contributed by atoms with Gasteiger partial charge >= 0.3 is 6.03 Å². The number of halogens is 3. The zero-order chi connectivity index (χ0) is 21.6. The molecule has 2 heterocycles. The molecule has 2 aliphatic rings. The third kappa shape index (κ3) is 3.73. The monoisotopic (exact) mass is 507 g/mol. The summed E-state index contributed by atoms with van der Waals surface area (Å²) >= 11 is 15.4. The summed E-state index contributed by atoms with van der Waals surface area (Å²) in [4.78, 5) is 43.0. The summed E-state index contributed by atoms with van der Waals surface area (Å²) in [7, 11) is 0. The van der Waals surface area contributed by atoms with Crippen LogP contribution in [-0.2, 0) is 4.79 Å². The van der Waals surface area contributed by atoms with Crippen LogP contribution >= 0.6 is 39.1 Å². The smallest absolute Gasteiger partial charge is 0.336 e. The molecular formula is C21H16BrCl2N3O3. The van der Waals surface area contributed by atoms with Gasteiger partial charge in [-0.2, -0.15) is 0 Å². The first kappa shape index (κ1) is 20.9. The van der Waals surface area contributed by atoms with Gasteiger partial charge in [0.05, 0.1) is 11.7 Å². The molecule has 0 aliphatic carbocycles. The Kier molecular flexibility index (Phi) is 5.61. The molecular weight excluding hydrogens is 493 g/mol. The van der Waals surface area contributed by atoms with E-state index in [2.05, 4.69) is 15.9 Å². The number of fused-ring (bicyclic) bond motifs is 1. The summed E-state index contributed by atoms with van der Waals surface area (Å²) in [6.07, 6.45) is 1.58. The maximum absolute atomic E-state index is 13.0. The van der Waals surface area contributed by atoms with Crippen molar-refractivity contribution in [1.29, 1.82) is 0 Å². The molecule has 2 aromatic rings. The van der Waals surface area contributed by atoms with E-state index in [4.69, 9.17) is 23.2 Å². The molecule has 0 spiro atoms. The van der Waals surface area contributed by atoms with Gasteiger partial charge in [0.15, 0.2) is 5.78 Å². The molecule has 3 amide bonds. The van der Waals surface area contributed by atoms with Crippen molar-refractivity contribution in [3.63, 3.8) is 0 Å². The molecule has 9 heteroatoms. The standard InChI is InChI=1S/C21H16BrCl2N3O3/c1-12(19(28)13-2-4-14(22)5-3-13)25-6-7-26-18(11-25)20(29)27(21(26)30)17-9-15(23)8-16(24)10-17/h2-5,8-12H,6-7H2,1H3. The average molecular weight is 509 g/mol. The number of benzene rings is 2. The van der Waals surface area contributed by atoms with Crippen molar-refractivity contribution in [2.75, 3.05) is 18.0 Å². The van der Waals surface area contributed by atoms with Gasteiger partial charge in [0, 0.05) is 39.4 Å². The van der Waals surface area contributed by atoms with Gasteiger partial charge in [0.2, 0.25) is 0 Å². The van der Waals surface area contributed by atoms with Gasteiger partial charge in [-0.15, -0.1) is 0 Å². The fraction of sp³-hybridized carbons (Fsp3) is 0.190. The summed E-state index contributed by atoms with van der Waals surface area (Å²) in [5.41, 5.74) is 1.11. The van der Waals surface area contributed by atoms with Crippen LogP contribution in [0.4, 0.5) is 10.5 Å². The lowest BCUT2D eigenvalue weighted by Crippen LogP contribution is -2.45. The van der Waals surface area contributed by atoms with Gasteiger partial charge in [-0.25, -0.2) is 9.69 Å². The van der Waals surface area contributed by atoms with E-state index in [1.54, 1.807) is 30.2 Å². The van der Waals surface area contributed by atoms with E-state index in [0.717, 1.165) is 9.37 Å². The Morgan fingerprint density at radius 1 is 1.03 bits per heavy atom. The van der Waals surface area contributed by atoms with Crippen molar-refractivity contribution in [1.82, 2.24) is 9.80 Å². The van der Waals surface area contributed by atoms with Crippen molar-refractivity contribution >= 4 is 62.5 Å². The topological polar surface area (TPSA) is 60.9 Å². The second kappa shape index (κ2) is 8.06. The predicted octanol–water partition coefficient (Wildman–Crippen LogP) is 4.95. The molecule has 1 saturated heterocycles. The lowest BCUT2D eigenvalue weighted by molar-refractivity contribution is -0.114. The minimum absolute atomic E-state index is 0.0666. The summed E-state index contributed by atoms with van der Waals surface area (Å²) in [6.45, 7) is 2.50. The highest BCUT2D eigenvalue weighted by atomic mass is 79.9. The quantitative estimate of drug-likeness (QED) is 0.433. The molecule has 4 rings (SSSR count). The Bertz CT molecular complexity index is 1070. The number of rotatable bonds is 4. The van der Waals surface area contributed by atoms with Gasteiger partial charge in [-0.3, -0.25) is 14.5 Å². The number of anilines is 1. The number of carbonyl (C=O) groups excluding carboxylic acids is 3. The first-order chi connectivity index (χ1) is 14.3. The highest BCUT2D eigenvalue weighted by molar-refractivity contribution is 9.10. The minimum Gasteiger partial charge on any atom is -0.364 e. The fourth-order valence-corrected chi connectivity index (χ4v) is 4.31. The Hall–Kier alpha value is -2.35. The molecule has 0 aromatic heterocycles. The summed E-state index contributed by atoms with van der Waals surface area (Å²) in [6, 6.07) is 10.7. The average Bonchev–Trinajstić information content (AvgIpc) is 2.96. The molecule has 0 bridgehead atoms. The molecule has 6 nitrogen and oxygen atoms in total. The number of hydrogen-bond donors (Lipinski definition) is 0. The van der Waals surface area contributed by atoms with Gasteiger partial charge < -0.3 is 4.90 Å².